The lowest BCUT2D eigenvalue weighted by atomic mass is 10.3. The number of nitrogens with zero attached hydrogens (tertiary/aromatic N) is 1. The Labute approximate surface area is 75.0 Å². The second-order valence-electron chi connectivity index (χ2n) is 2.64. The highest BCUT2D eigenvalue weighted by Crippen LogP contribution is 2.07. The summed E-state index contributed by atoms with van der Waals surface area (Å²) < 4.78 is 12.6. The molecule has 3 N–H and O–H groups in total. The van der Waals surface area contributed by atoms with Gasteiger partial charge in [-0.2, -0.15) is 4.39 Å². The first-order chi connectivity index (χ1) is 6.09. The van der Waals surface area contributed by atoms with Gasteiger partial charge in [-0.15, -0.1) is 0 Å². The Morgan fingerprint density at radius 2 is 2.46 bits per heavy atom. The van der Waals surface area contributed by atoms with Crippen LogP contribution < -0.4 is 11.1 Å². The number of hydrogen-bond acceptors (Lipinski definition) is 3. The quantitative estimate of drug-likeness (QED) is 0.671. The number of pyridine rings is 1. The molecule has 0 aliphatic rings. The maximum Gasteiger partial charge on any atom is 0.239 e. The zero-order chi connectivity index (χ0) is 9.84. The average Bonchev–Trinajstić information content (AvgIpc) is 2.04. The highest BCUT2D eigenvalue weighted by molar-refractivity contribution is 5.82. The average molecular weight is 183 g/mol. The van der Waals surface area contributed by atoms with Gasteiger partial charge in [-0.05, 0) is 13.0 Å². The molecule has 4 nitrogen and oxygen atoms in total. The number of halogens is 1. The van der Waals surface area contributed by atoms with E-state index in [2.05, 4.69) is 10.3 Å². The third-order valence-electron chi connectivity index (χ3n) is 1.54. The fourth-order valence-electron chi connectivity index (χ4n) is 0.813. The molecule has 0 radical (unpaired) electrons. The zero-order valence-electron chi connectivity index (χ0n) is 7.12. The lowest BCUT2D eigenvalue weighted by Gasteiger charge is -2.10. The molecule has 0 aromatic carbocycles. The predicted molar refractivity (Wildman–Crippen MR) is 46.5 cm³/mol. The fraction of sp³-hybridized carbons (Fsp3) is 0.250. The minimum Gasteiger partial charge on any atom is -0.374 e. The van der Waals surface area contributed by atoms with Crippen molar-refractivity contribution >= 4 is 11.6 Å². The molecule has 1 rings (SSSR count). The van der Waals surface area contributed by atoms with Crippen LogP contribution in [0.15, 0.2) is 18.3 Å². The molecule has 0 bridgehead atoms. The van der Waals surface area contributed by atoms with Crippen molar-refractivity contribution in [1.29, 1.82) is 0 Å². The molecule has 1 amide bonds. The van der Waals surface area contributed by atoms with Crippen LogP contribution in [0.5, 0.6) is 0 Å². The van der Waals surface area contributed by atoms with Crippen LogP contribution in [-0.4, -0.2) is 16.9 Å². The Morgan fingerprint density at radius 1 is 1.77 bits per heavy atom. The third-order valence-corrected chi connectivity index (χ3v) is 1.54. The zero-order valence-corrected chi connectivity index (χ0v) is 7.12. The summed E-state index contributed by atoms with van der Waals surface area (Å²) in [6, 6.07) is 2.23. The molecular weight excluding hydrogens is 173 g/mol. The molecule has 0 aliphatic carbocycles. The van der Waals surface area contributed by atoms with Crippen LogP contribution in [0.1, 0.15) is 6.92 Å². The van der Waals surface area contributed by atoms with E-state index in [1.165, 1.54) is 12.3 Å². The van der Waals surface area contributed by atoms with E-state index in [0.717, 1.165) is 0 Å². The van der Waals surface area contributed by atoms with Crippen LogP contribution in [-0.2, 0) is 4.79 Å². The Kier molecular flexibility index (Phi) is 2.79. The standard InChI is InChI=1S/C8H10FN3O/c1-5(8(10)13)12-6-2-3-11-7(9)4-6/h2-5H,1H3,(H2,10,13)(H,11,12). The number of primary amides is 1. The molecule has 0 aliphatic heterocycles. The Bertz CT molecular complexity index is 316. The monoisotopic (exact) mass is 183 g/mol. The highest BCUT2D eigenvalue weighted by atomic mass is 19.1. The normalized spacial score (nSPS) is 12.2. The van der Waals surface area contributed by atoms with Crippen LogP contribution in [0, 0.1) is 5.95 Å². The molecule has 0 saturated heterocycles. The largest absolute Gasteiger partial charge is 0.374 e. The number of carbonyl (C=O) groups is 1. The van der Waals surface area contributed by atoms with Gasteiger partial charge in [0, 0.05) is 18.0 Å². The lowest BCUT2D eigenvalue weighted by Crippen LogP contribution is -2.32. The third kappa shape index (κ3) is 2.70. The number of nitrogens with two attached hydrogens (primary N) is 1. The van der Waals surface area contributed by atoms with Gasteiger partial charge in [0.1, 0.15) is 6.04 Å². The Hall–Kier alpha value is -1.65. The summed E-state index contributed by atoms with van der Waals surface area (Å²) in [4.78, 5) is 14.0. The van der Waals surface area contributed by atoms with Crippen LogP contribution >= 0.6 is 0 Å². The summed E-state index contributed by atoms with van der Waals surface area (Å²) >= 11 is 0. The topological polar surface area (TPSA) is 68.0 Å². The maximum absolute atomic E-state index is 12.6. The number of hydrogen-bond donors (Lipinski definition) is 2. The van der Waals surface area contributed by atoms with Crippen LogP contribution in [0.4, 0.5) is 10.1 Å². The smallest absolute Gasteiger partial charge is 0.239 e. The molecule has 1 aromatic heterocycles. The first-order valence-corrected chi connectivity index (χ1v) is 3.77. The number of amides is 1. The van der Waals surface area contributed by atoms with Gasteiger partial charge in [-0.25, -0.2) is 4.98 Å². The van der Waals surface area contributed by atoms with Crippen molar-refractivity contribution in [3.8, 4) is 0 Å². The van der Waals surface area contributed by atoms with Crippen molar-refractivity contribution in [1.82, 2.24) is 4.98 Å². The number of rotatable bonds is 3. The van der Waals surface area contributed by atoms with Gasteiger partial charge in [0.15, 0.2) is 0 Å². The Balaban J connectivity index is 2.69. The molecule has 0 saturated carbocycles. The molecule has 1 atom stereocenters. The van der Waals surface area contributed by atoms with E-state index in [0.29, 0.717) is 5.69 Å². The maximum atomic E-state index is 12.6. The number of nitrogens with one attached hydrogen (secondary N) is 1. The van der Waals surface area contributed by atoms with Gasteiger partial charge in [0.2, 0.25) is 11.9 Å². The number of aromatic nitrogens is 1. The second kappa shape index (κ2) is 3.84. The van der Waals surface area contributed by atoms with Crippen molar-refractivity contribution in [2.45, 2.75) is 13.0 Å². The molecular formula is C8H10FN3O. The molecule has 70 valence electrons. The van der Waals surface area contributed by atoms with E-state index in [4.69, 9.17) is 5.73 Å². The summed E-state index contributed by atoms with van der Waals surface area (Å²) in [5.74, 6) is -1.08. The number of anilines is 1. The first kappa shape index (κ1) is 9.44. The first-order valence-electron chi connectivity index (χ1n) is 3.77. The van der Waals surface area contributed by atoms with Gasteiger partial charge in [-0.3, -0.25) is 4.79 Å². The summed E-state index contributed by atoms with van der Waals surface area (Å²) in [7, 11) is 0. The van der Waals surface area contributed by atoms with Crippen molar-refractivity contribution in [3.05, 3.63) is 24.3 Å². The molecule has 0 fully saturated rings. The van der Waals surface area contributed by atoms with Crippen LogP contribution in [0.2, 0.25) is 0 Å². The van der Waals surface area contributed by atoms with Crippen LogP contribution in [0.25, 0.3) is 0 Å². The molecule has 13 heavy (non-hydrogen) atoms. The molecule has 1 aromatic rings. The van der Waals surface area contributed by atoms with Gasteiger partial charge >= 0.3 is 0 Å². The van der Waals surface area contributed by atoms with Gasteiger partial charge < -0.3 is 11.1 Å². The lowest BCUT2D eigenvalue weighted by molar-refractivity contribution is -0.118. The van der Waals surface area contributed by atoms with Gasteiger partial charge in [-0.1, -0.05) is 0 Å². The van der Waals surface area contributed by atoms with E-state index in [9.17, 15) is 9.18 Å². The van der Waals surface area contributed by atoms with Crippen LogP contribution in [0.3, 0.4) is 0 Å². The number of carbonyl (C=O) groups excluding carboxylic acids is 1. The second-order valence-corrected chi connectivity index (χ2v) is 2.64. The molecule has 0 spiro atoms. The summed E-state index contributed by atoms with van der Waals surface area (Å²) in [5, 5.41) is 2.73. The minimum atomic E-state index is -0.596. The van der Waals surface area contributed by atoms with E-state index in [1.54, 1.807) is 13.0 Å². The summed E-state index contributed by atoms with van der Waals surface area (Å²) in [5.41, 5.74) is 5.50. The SMILES string of the molecule is CC(Nc1ccnc(F)c1)C(N)=O. The van der Waals surface area contributed by atoms with E-state index in [1.807, 2.05) is 0 Å². The molecule has 5 heteroatoms. The highest BCUT2D eigenvalue weighted by Gasteiger charge is 2.07. The predicted octanol–water partition coefficient (Wildman–Crippen LogP) is 0.506. The van der Waals surface area contributed by atoms with Gasteiger partial charge in [0.25, 0.3) is 0 Å². The fourth-order valence-corrected chi connectivity index (χ4v) is 0.813. The van der Waals surface area contributed by atoms with E-state index >= 15 is 0 Å². The van der Waals surface area contributed by atoms with Gasteiger partial charge in [0.05, 0.1) is 0 Å². The summed E-state index contributed by atoms with van der Waals surface area (Å²) in [6.07, 6.45) is 1.31. The van der Waals surface area contributed by atoms with Crippen molar-refractivity contribution in [2.75, 3.05) is 5.32 Å². The van der Waals surface area contributed by atoms with Crippen molar-refractivity contribution in [2.24, 2.45) is 5.73 Å². The summed E-state index contributed by atoms with van der Waals surface area (Å²) in [6.45, 7) is 1.60. The Morgan fingerprint density at radius 3 is 3.00 bits per heavy atom. The minimum absolute atomic E-state index is 0.485. The molecule has 1 heterocycles. The van der Waals surface area contributed by atoms with Crippen molar-refractivity contribution < 1.29 is 9.18 Å². The van der Waals surface area contributed by atoms with E-state index in [-0.39, 0.29) is 0 Å². The van der Waals surface area contributed by atoms with E-state index < -0.39 is 17.9 Å². The van der Waals surface area contributed by atoms with Crippen molar-refractivity contribution in [3.63, 3.8) is 0 Å². The molecule has 1 unspecified atom stereocenters.